The van der Waals surface area contributed by atoms with Crippen LogP contribution in [0.25, 0.3) is 0 Å². The van der Waals surface area contributed by atoms with E-state index in [0.717, 1.165) is 24.7 Å². The Morgan fingerprint density at radius 1 is 0.550 bits per heavy atom. The average molecular weight is 417 g/mol. The Bertz CT molecular complexity index is 439. The quantitative estimate of drug-likeness (QED) is 0.426. The normalized spacial score (nSPS) is 31.2. The van der Waals surface area contributed by atoms with E-state index in [-0.39, 0.29) is 0 Å². The second-order valence-corrected chi connectivity index (χ2v) is 13.1. The van der Waals surface area contributed by atoms with Crippen molar-refractivity contribution < 1.29 is 8.37 Å². The van der Waals surface area contributed by atoms with E-state index >= 15 is 0 Å². The van der Waals surface area contributed by atoms with Crippen LogP contribution in [0.3, 0.4) is 0 Å². The lowest BCUT2D eigenvalue weighted by molar-refractivity contribution is 0.410. The average Bonchev–Trinajstić information content (AvgIpc) is 2.89. The van der Waals surface area contributed by atoms with Gasteiger partial charge in [0.05, 0.1) is 38.6 Å². The predicted octanol–water partition coefficient (Wildman–Crippen LogP) is 6.15. The zero-order valence-corrected chi connectivity index (χ0v) is 16.4. The fourth-order valence-electron chi connectivity index (χ4n) is 1.52. The lowest BCUT2D eigenvalue weighted by atomic mass is 10.9. The third-order valence-electron chi connectivity index (χ3n) is 2.31. The summed E-state index contributed by atoms with van der Waals surface area (Å²) in [7, 11) is 0. The van der Waals surface area contributed by atoms with E-state index in [2.05, 4.69) is 0 Å². The maximum absolute atomic E-state index is 5.56. The van der Waals surface area contributed by atoms with Gasteiger partial charge in [0.15, 0.2) is 0 Å². The lowest BCUT2D eigenvalue weighted by Crippen LogP contribution is -1.86. The molecule has 0 amide bonds. The van der Waals surface area contributed by atoms with E-state index < -0.39 is 0 Å². The van der Waals surface area contributed by atoms with E-state index in [1.54, 1.807) is 24.1 Å². The Balaban J connectivity index is 1.50. The van der Waals surface area contributed by atoms with Crippen LogP contribution >= 0.6 is 94.7 Å². The van der Waals surface area contributed by atoms with E-state index in [1.807, 2.05) is 70.6 Å². The first-order valence-electron chi connectivity index (χ1n) is 5.69. The lowest BCUT2D eigenvalue weighted by Gasteiger charge is -2.05. The van der Waals surface area contributed by atoms with Gasteiger partial charge in [0.1, 0.15) is 0 Å². The van der Waals surface area contributed by atoms with Gasteiger partial charge in [-0.2, -0.15) is 0 Å². The summed E-state index contributed by atoms with van der Waals surface area (Å²) in [6.45, 7) is 1.67. The Hall–Kier alpha value is 1.94. The van der Waals surface area contributed by atoms with Crippen molar-refractivity contribution >= 4 is 94.7 Å². The molecule has 4 aliphatic heterocycles. The summed E-state index contributed by atoms with van der Waals surface area (Å²) in [6.07, 6.45) is 0. The van der Waals surface area contributed by atoms with Crippen LogP contribution in [0.2, 0.25) is 0 Å². The van der Waals surface area contributed by atoms with Gasteiger partial charge in [0, 0.05) is 35.6 Å². The first kappa shape index (κ1) is 15.5. The Kier molecular flexibility index (Phi) is 5.59. The summed E-state index contributed by atoms with van der Waals surface area (Å²) in [5.41, 5.74) is 0. The minimum absolute atomic E-state index is 0.833. The maximum atomic E-state index is 5.56. The first-order chi connectivity index (χ1) is 9.90. The largest absolute Gasteiger partial charge is 0.309 e. The number of hydrogen-bond acceptors (Lipinski definition) is 10. The van der Waals surface area contributed by atoms with Crippen molar-refractivity contribution in [3.63, 3.8) is 0 Å². The smallest absolute Gasteiger partial charge is 0.0939 e. The monoisotopic (exact) mass is 416 g/mol. The van der Waals surface area contributed by atoms with Gasteiger partial charge in [0.25, 0.3) is 0 Å². The van der Waals surface area contributed by atoms with E-state index in [4.69, 9.17) is 8.37 Å². The highest BCUT2D eigenvalue weighted by molar-refractivity contribution is 8.44. The van der Waals surface area contributed by atoms with E-state index in [0.29, 0.717) is 0 Å². The Morgan fingerprint density at radius 2 is 1.00 bits per heavy atom. The van der Waals surface area contributed by atoms with Crippen LogP contribution in [0, 0.1) is 0 Å². The summed E-state index contributed by atoms with van der Waals surface area (Å²) in [5.74, 6) is 2.10. The van der Waals surface area contributed by atoms with Gasteiger partial charge >= 0.3 is 0 Å². The molecule has 2 nitrogen and oxygen atoms in total. The van der Waals surface area contributed by atoms with Crippen molar-refractivity contribution in [3.05, 3.63) is 25.4 Å². The zero-order chi connectivity index (χ0) is 13.4. The first-order valence-corrected chi connectivity index (χ1v) is 12.4. The summed E-state index contributed by atoms with van der Waals surface area (Å²) < 4.78 is 19.4. The van der Waals surface area contributed by atoms with Gasteiger partial charge in [-0.3, -0.25) is 0 Å². The van der Waals surface area contributed by atoms with Crippen molar-refractivity contribution in [2.24, 2.45) is 0 Å². The van der Waals surface area contributed by atoms with Crippen molar-refractivity contribution in [1.82, 2.24) is 0 Å². The molecule has 0 saturated heterocycles. The molecule has 0 saturated carbocycles. The molecule has 0 atom stereocenters. The van der Waals surface area contributed by atoms with E-state index in [9.17, 15) is 0 Å². The third kappa shape index (κ3) is 3.39. The van der Waals surface area contributed by atoms with Crippen molar-refractivity contribution in [1.29, 1.82) is 0 Å². The molecule has 0 unspecified atom stereocenters. The van der Waals surface area contributed by atoms with Gasteiger partial charge in [-0.25, -0.2) is 0 Å². The molecule has 0 fully saturated rings. The maximum Gasteiger partial charge on any atom is 0.0939 e. The van der Waals surface area contributed by atoms with Crippen LogP contribution < -0.4 is 0 Å². The standard InChI is InChI=1S/C10H8O2S8/c1-3-13-5-9(19-11-1)17-7(15-5)8-16-6-10(18-8)20-12-2-4-14-6/h1-4H2. The molecular formula is C10H8O2S8. The minimum Gasteiger partial charge on any atom is -0.309 e. The number of rotatable bonds is 0. The molecule has 0 spiro atoms. The highest BCUT2D eigenvalue weighted by Gasteiger charge is 2.32. The van der Waals surface area contributed by atoms with Gasteiger partial charge in [-0.15, -0.1) is 23.5 Å². The van der Waals surface area contributed by atoms with Gasteiger partial charge in [0.2, 0.25) is 0 Å². The Labute approximate surface area is 152 Å². The molecule has 0 radical (unpaired) electrons. The number of thioether (sulfide) groups is 6. The highest BCUT2D eigenvalue weighted by atomic mass is 32.3. The van der Waals surface area contributed by atoms with Crippen molar-refractivity contribution in [3.8, 4) is 0 Å². The minimum atomic E-state index is 0.833. The molecular weight excluding hydrogens is 409 g/mol. The van der Waals surface area contributed by atoms with Crippen molar-refractivity contribution in [2.45, 2.75) is 0 Å². The molecule has 4 rings (SSSR count). The highest BCUT2D eigenvalue weighted by Crippen LogP contribution is 2.66. The summed E-state index contributed by atoms with van der Waals surface area (Å²) in [5, 5.41) is 0. The molecule has 0 aliphatic carbocycles. The fraction of sp³-hybridized carbons (Fsp3) is 0.400. The molecule has 0 aromatic rings. The second-order valence-electron chi connectivity index (χ2n) is 3.64. The molecule has 4 aliphatic rings. The predicted molar refractivity (Wildman–Crippen MR) is 103 cm³/mol. The molecule has 108 valence electrons. The molecule has 0 N–H and O–H groups in total. The van der Waals surface area contributed by atoms with Gasteiger partial charge in [-0.05, 0) is 0 Å². The molecule has 0 aromatic carbocycles. The van der Waals surface area contributed by atoms with Crippen LogP contribution in [0.15, 0.2) is 25.4 Å². The summed E-state index contributed by atoms with van der Waals surface area (Å²) in [6, 6.07) is 0. The van der Waals surface area contributed by atoms with Crippen LogP contribution in [-0.2, 0) is 8.37 Å². The fourth-order valence-corrected chi connectivity index (χ4v) is 12.3. The Morgan fingerprint density at radius 3 is 1.50 bits per heavy atom. The van der Waals surface area contributed by atoms with Crippen LogP contribution in [0.5, 0.6) is 0 Å². The van der Waals surface area contributed by atoms with E-state index in [1.165, 1.54) is 25.4 Å². The van der Waals surface area contributed by atoms with Gasteiger partial charge in [-0.1, -0.05) is 47.0 Å². The van der Waals surface area contributed by atoms with Crippen LogP contribution in [0.1, 0.15) is 0 Å². The van der Waals surface area contributed by atoms with Crippen LogP contribution in [0.4, 0.5) is 0 Å². The van der Waals surface area contributed by atoms with Crippen molar-refractivity contribution in [2.75, 3.05) is 24.7 Å². The second kappa shape index (κ2) is 7.23. The molecule has 20 heavy (non-hydrogen) atoms. The SMILES string of the molecule is C1CSC2=C(SO1)SC(=C1SC3=C(SOCCS3)S1)S2. The summed E-state index contributed by atoms with van der Waals surface area (Å²) in [4.78, 5) is 0. The summed E-state index contributed by atoms with van der Waals surface area (Å²) >= 11 is 14.5. The molecule has 10 heteroatoms. The van der Waals surface area contributed by atoms with Gasteiger partial charge < -0.3 is 8.37 Å². The topological polar surface area (TPSA) is 18.5 Å². The molecule has 0 bridgehead atoms. The van der Waals surface area contributed by atoms with Crippen LogP contribution in [-0.4, -0.2) is 24.7 Å². The number of hydrogen-bond donors (Lipinski definition) is 0. The molecule has 4 heterocycles. The zero-order valence-electron chi connectivity index (χ0n) is 9.91. The third-order valence-corrected chi connectivity index (χ3v) is 13.0. The molecule has 0 aromatic heterocycles.